The summed E-state index contributed by atoms with van der Waals surface area (Å²) in [7, 11) is 0. The molecule has 0 aliphatic carbocycles. The number of nitrogens with zero attached hydrogens (tertiary/aromatic N) is 2. The Morgan fingerprint density at radius 2 is 1.67 bits per heavy atom. The zero-order valence-electron chi connectivity index (χ0n) is 16.2. The van der Waals surface area contributed by atoms with Crippen molar-refractivity contribution >= 4 is 49.4 Å². The second kappa shape index (κ2) is 8.01. The first-order valence-corrected chi connectivity index (χ1v) is 11.1. The monoisotopic (exact) mass is 472 g/mol. The zero-order chi connectivity index (χ0) is 20.5. The lowest BCUT2D eigenvalue weighted by molar-refractivity contribution is 0.575. The van der Waals surface area contributed by atoms with Crippen molar-refractivity contribution in [3.05, 3.63) is 94.7 Å². The Morgan fingerprint density at radius 1 is 0.900 bits per heavy atom. The molecule has 0 amide bonds. The maximum Gasteiger partial charge on any atom is 0.145 e. The first-order valence-electron chi connectivity index (χ1n) is 9.51. The molecule has 5 heteroatoms. The molecule has 0 fully saturated rings. The number of halogens is 1. The van der Waals surface area contributed by atoms with Gasteiger partial charge in [-0.05, 0) is 73.2 Å². The van der Waals surface area contributed by atoms with Crippen LogP contribution < -0.4 is 0 Å². The predicted octanol–water partition coefficient (Wildman–Crippen LogP) is 8.04. The second-order valence-electron chi connectivity index (χ2n) is 7.00. The van der Waals surface area contributed by atoms with Gasteiger partial charge < -0.3 is 4.42 Å². The van der Waals surface area contributed by atoms with Crippen molar-refractivity contribution in [1.82, 2.24) is 4.98 Å². The van der Waals surface area contributed by atoms with Crippen LogP contribution in [0.25, 0.3) is 32.1 Å². The van der Waals surface area contributed by atoms with Gasteiger partial charge in [0.25, 0.3) is 0 Å². The second-order valence-corrected chi connectivity index (χ2v) is 8.95. The highest BCUT2D eigenvalue weighted by molar-refractivity contribution is 9.10. The molecule has 3 aromatic carbocycles. The van der Waals surface area contributed by atoms with Gasteiger partial charge in [0.2, 0.25) is 0 Å². The van der Waals surface area contributed by atoms with Gasteiger partial charge in [0, 0.05) is 15.6 Å². The topological polar surface area (TPSA) is 38.4 Å². The highest BCUT2D eigenvalue weighted by atomic mass is 79.9. The SMILES string of the molecule is Cc1ccc2sc(-c3ccc(N=Cc4ccc(-c5ccc(Br)cc5)o4)cc3)nc2c1. The minimum Gasteiger partial charge on any atom is -0.455 e. The molecule has 5 rings (SSSR count). The molecule has 0 N–H and O–H groups in total. The molecule has 0 saturated heterocycles. The zero-order valence-corrected chi connectivity index (χ0v) is 18.6. The average Bonchev–Trinajstić information content (AvgIpc) is 3.40. The van der Waals surface area contributed by atoms with Crippen LogP contribution in [0.15, 0.2) is 92.7 Å². The van der Waals surface area contributed by atoms with Gasteiger partial charge in [-0.2, -0.15) is 0 Å². The van der Waals surface area contributed by atoms with E-state index in [1.165, 1.54) is 10.3 Å². The Labute approximate surface area is 186 Å². The van der Waals surface area contributed by atoms with Crippen molar-refractivity contribution in [1.29, 1.82) is 0 Å². The number of hydrogen-bond donors (Lipinski definition) is 0. The average molecular weight is 473 g/mol. The molecule has 5 aromatic rings. The molecule has 0 aliphatic heterocycles. The lowest BCUT2D eigenvalue weighted by Gasteiger charge is -1.98. The molecule has 0 bridgehead atoms. The Hall–Kier alpha value is -3.02. The third kappa shape index (κ3) is 3.99. The van der Waals surface area contributed by atoms with Crippen LogP contribution in [0, 0.1) is 6.92 Å². The maximum atomic E-state index is 5.89. The standard InChI is InChI=1S/C25H17BrN2OS/c1-16-2-13-24-22(14-16)28-25(30-24)18-5-9-20(10-6-18)27-15-21-11-12-23(29-21)17-3-7-19(26)8-4-17/h2-15H,1H3. The van der Waals surface area contributed by atoms with E-state index < -0.39 is 0 Å². The molecule has 0 atom stereocenters. The molecule has 2 aromatic heterocycles. The van der Waals surface area contributed by atoms with Crippen molar-refractivity contribution in [2.45, 2.75) is 6.92 Å². The fourth-order valence-electron chi connectivity index (χ4n) is 3.18. The molecule has 0 saturated carbocycles. The van der Waals surface area contributed by atoms with Gasteiger partial charge in [-0.15, -0.1) is 11.3 Å². The van der Waals surface area contributed by atoms with E-state index >= 15 is 0 Å². The number of thiazole rings is 1. The predicted molar refractivity (Wildman–Crippen MR) is 129 cm³/mol. The maximum absolute atomic E-state index is 5.89. The quantitative estimate of drug-likeness (QED) is 0.248. The van der Waals surface area contributed by atoms with Crippen molar-refractivity contribution in [2.24, 2.45) is 4.99 Å². The third-order valence-electron chi connectivity index (χ3n) is 4.75. The minimum absolute atomic E-state index is 0.721. The smallest absolute Gasteiger partial charge is 0.145 e. The molecule has 146 valence electrons. The Bertz CT molecular complexity index is 1350. The van der Waals surface area contributed by atoms with Gasteiger partial charge in [-0.3, -0.25) is 4.99 Å². The lowest BCUT2D eigenvalue weighted by Crippen LogP contribution is -1.77. The molecule has 0 radical (unpaired) electrons. The van der Waals surface area contributed by atoms with Crippen LogP contribution in [0.3, 0.4) is 0 Å². The van der Waals surface area contributed by atoms with Crippen molar-refractivity contribution < 1.29 is 4.42 Å². The molecule has 3 nitrogen and oxygen atoms in total. The van der Waals surface area contributed by atoms with Gasteiger partial charge in [0.1, 0.15) is 16.5 Å². The Balaban J connectivity index is 1.33. The normalized spacial score (nSPS) is 11.5. The minimum atomic E-state index is 0.721. The molecular formula is C25H17BrN2OS. The van der Waals surface area contributed by atoms with Gasteiger partial charge in [-0.1, -0.05) is 34.1 Å². The first-order chi connectivity index (χ1) is 14.6. The number of benzene rings is 3. The van der Waals surface area contributed by atoms with Crippen LogP contribution in [0.5, 0.6) is 0 Å². The number of fused-ring (bicyclic) bond motifs is 1. The summed E-state index contributed by atoms with van der Waals surface area (Å²) in [6.45, 7) is 2.09. The Morgan fingerprint density at radius 3 is 2.47 bits per heavy atom. The van der Waals surface area contributed by atoms with Gasteiger partial charge in [0.15, 0.2) is 0 Å². The van der Waals surface area contributed by atoms with E-state index in [0.717, 1.165) is 43.3 Å². The highest BCUT2D eigenvalue weighted by Gasteiger charge is 2.07. The molecule has 2 heterocycles. The van der Waals surface area contributed by atoms with Crippen molar-refractivity contribution in [3.63, 3.8) is 0 Å². The van der Waals surface area contributed by atoms with E-state index in [1.54, 1.807) is 17.6 Å². The molecule has 0 spiro atoms. The summed E-state index contributed by atoms with van der Waals surface area (Å²) >= 11 is 5.16. The molecule has 30 heavy (non-hydrogen) atoms. The van der Waals surface area contributed by atoms with E-state index in [2.05, 4.69) is 58.2 Å². The number of aromatic nitrogens is 1. The van der Waals surface area contributed by atoms with E-state index in [-0.39, 0.29) is 0 Å². The van der Waals surface area contributed by atoms with Crippen LogP contribution in [0.4, 0.5) is 5.69 Å². The van der Waals surface area contributed by atoms with Crippen LogP contribution in [-0.2, 0) is 0 Å². The summed E-state index contributed by atoms with van der Waals surface area (Å²) in [6.07, 6.45) is 1.75. The fourth-order valence-corrected chi connectivity index (χ4v) is 4.40. The van der Waals surface area contributed by atoms with Crippen LogP contribution in [0.1, 0.15) is 11.3 Å². The summed E-state index contributed by atoms with van der Waals surface area (Å²) in [5.74, 6) is 1.55. The van der Waals surface area contributed by atoms with Gasteiger partial charge in [-0.25, -0.2) is 4.98 Å². The molecule has 0 aliphatic rings. The van der Waals surface area contributed by atoms with Crippen LogP contribution in [0.2, 0.25) is 0 Å². The fraction of sp³-hybridized carbons (Fsp3) is 0.0400. The summed E-state index contributed by atoms with van der Waals surface area (Å²) in [5.41, 5.74) is 5.29. The number of furan rings is 1. The largest absolute Gasteiger partial charge is 0.455 e. The summed E-state index contributed by atoms with van der Waals surface area (Å²) in [4.78, 5) is 9.31. The van der Waals surface area contributed by atoms with E-state index in [4.69, 9.17) is 9.40 Å². The van der Waals surface area contributed by atoms with Gasteiger partial charge >= 0.3 is 0 Å². The van der Waals surface area contributed by atoms with Crippen molar-refractivity contribution in [3.8, 4) is 21.9 Å². The highest BCUT2D eigenvalue weighted by Crippen LogP contribution is 2.31. The lowest BCUT2D eigenvalue weighted by atomic mass is 10.2. The first kappa shape index (κ1) is 19.0. The van der Waals surface area contributed by atoms with Gasteiger partial charge in [0.05, 0.1) is 22.1 Å². The van der Waals surface area contributed by atoms with Crippen molar-refractivity contribution in [2.75, 3.05) is 0 Å². The van der Waals surface area contributed by atoms with Crippen LogP contribution in [-0.4, -0.2) is 11.2 Å². The Kier molecular flexibility index (Phi) is 5.07. The van der Waals surface area contributed by atoms with E-state index in [0.29, 0.717) is 0 Å². The summed E-state index contributed by atoms with van der Waals surface area (Å²) < 4.78 is 8.15. The number of rotatable bonds is 4. The van der Waals surface area contributed by atoms with E-state index in [9.17, 15) is 0 Å². The number of aryl methyl sites for hydroxylation is 1. The molecular weight excluding hydrogens is 456 g/mol. The van der Waals surface area contributed by atoms with E-state index in [1.807, 2.05) is 48.5 Å². The summed E-state index contributed by atoms with van der Waals surface area (Å²) in [5, 5.41) is 1.02. The number of hydrogen-bond acceptors (Lipinski definition) is 4. The van der Waals surface area contributed by atoms with Crippen LogP contribution >= 0.6 is 27.3 Å². The third-order valence-corrected chi connectivity index (χ3v) is 6.37. The summed E-state index contributed by atoms with van der Waals surface area (Å²) in [6, 6.07) is 26.4. The molecule has 0 unspecified atom stereocenters. The number of aliphatic imine (C=N–C) groups is 1.